The van der Waals surface area contributed by atoms with Gasteiger partial charge in [0.15, 0.2) is 0 Å². The summed E-state index contributed by atoms with van der Waals surface area (Å²) in [7, 11) is 0. The van der Waals surface area contributed by atoms with Crippen LogP contribution in [0, 0.1) is 11.8 Å². The first-order valence-corrected chi connectivity index (χ1v) is 23.5. The van der Waals surface area contributed by atoms with E-state index in [1.54, 1.807) is 22.7 Å². The van der Waals surface area contributed by atoms with Gasteiger partial charge in [-0.25, -0.2) is 9.97 Å². The summed E-state index contributed by atoms with van der Waals surface area (Å²) in [6.45, 7) is 1.27. The fourth-order valence-corrected chi connectivity index (χ4v) is 10.8. The summed E-state index contributed by atoms with van der Waals surface area (Å²) < 4.78 is 0. The van der Waals surface area contributed by atoms with Gasteiger partial charge in [0.25, 0.3) is 0 Å². The summed E-state index contributed by atoms with van der Waals surface area (Å²) in [5.41, 5.74) is 6.76. The number of rotatable bonds is 13. The Labute approximate surface area is 369 Å². The van der Waals surface area contributed by atoms with Crippen LogP contribution in [0.2, 0.25) is 0 Å². The van der Waals surface area contributed by atoms with E-state index in [0.717, 1.165) is 105 Å². The third kappa shape index (κ3) is 8.45. The third-order valence-electron chi connectivity index (χ3n) is 12.6. The molecular weight excluding hydrogens is 813 g/mol. The number of hydrogen-bond donors (Lipinski definition) is 2. The van der Waals surface area contributed by atoms with Crippen LogP contribution in [-0.4, -0.2) is 56.5 Å². The molecule has 2 saturated heterocycles. The van der Waals surface area contributed by atoms with Crippen LogP contribution in [0.4, 0.5) is 0 Å². The molecule has 0 spiro atoms. The molecule has 4 fully saturated rings. The molecule has 0 bridgehead atoms. The number of nitrogens with zero attached hydrogens (tertiary/aromatic N) is 4. The summed E-state index contributed by atoms with van der Waals surface area (Å²) >= 11 is 3.21. The van der Waals surface area contributed by atoms with Crippen LogP contribution in [-0.2, 0) is 19.2 Å². The van der Waals surface area contributed by atoms with E-state index < -0.39 is 12.1 Å². The molecule has 10 nitrogen and oxygen atoms in total. The average molecular weight is 861 g/mol. The Morgan fingerprint density at radius 3 is 1.53 bits per heavy atom. The molecule has 4 amide bonds. The third-order valence-corrected chi connectivity index (χ3v) is 14.7. The Bertz CT molecular complexity index is 2390. The maximum atomic E-state index is 14.1. The standard InChI is InChI=1S/C50H48N6O4S2/c57-45(37-23-24-37)53-43(35-9-3-1-4-10-35)49(59)55-27-7-13-40(55)47-51-29-42(62-47)34-21-17-32(18-22-34)31-15-19-33(20-16-31)39-30-61-48(52-39)41-14-8-28-56(41)50(60)44(36-11-5-2-6-12-36)54-46(58)38-25-26-38/h1-6,9-12,15-22,29-30,37-38,40-41,43-44H,7-8,13-14,23-28H2,(H,53,57)(H,54,58)/t40?,41?,43-,44?/m1/s1. The smallest absolute Gasteiger partial charge is 0.250 e. The van der Waals surface area contributed by atoms with Crippen molar-refractivity contribution in [3.8, 4) is 32.8 Å². The zero-order chi connectivity index (χ0) is 42.2. The summed E-state index contributed by atoms with van der Waals surface area (Å²) in [4.78, 5) is 68.7. The van der Waals surface area contributed by atoms with Crippen molar-refractivity contribution < 1.29 is 19.2 Å². The van der Waals surface area contributed by atoms with Crippen molar-refractivity contribution in [2.45, 2.75) is 75.5 Å². The summed E-state index contributed by atoms with van der Waals surface area (Å²) in [6, 6.07) is 34.4. The van der Waals surface area contributed by atoms with Crippen LogP contribution in [0.1, 0.15) is 96.7 Å². The summed E-state index contributed by atoms with van der Waals surface area (Å²) in [5.74, 6) is -0.216. The van der Waals surface area contributed by atoms with Crippen molar-refractivity contribution in [1.29, 1.82) is 0 Å². The average Bonchev–Trinajstić information content (AvgIpc) is 4.07. The van der Waals surface area contributed by atoms with Gasteiger partial charge >= 0.3 is 0 Å². The first kappa shape index (κ1) is 40.1. The van der Waals surface area contributed by atoms with Gasteiger partial charge in [0, 0.05) is 42.1 Å². The van der Waals surface area contributed by atoms with Gasteiger partial charge in [-0.3, -0.25) is 19.2 Å². The molecule has 2 saturated carbocycles. The molecule has 4 heterocycles. The molecule has 10 rings (SSSR count). The predicted octanol–water partition coefficient (Wildman–Crippen LogP) is 9.46. The Balaban J connectivity index is 0.797. The quantitative estimate of drug-likeness (QED) is 0.119. The number of hydrogen-bond acceptors (Lipinski definition) is 8. The van der Waals surface area contributed by atoms with Gasteiger partial charge in [-0.05, 0) is 79.2 Å². The largest absolute Gasteiger partial charge is 0.340 e. The van der Waals surface area contributed by atoms with Crippen LogP contribution >= 0.6 is 22.7 Å². The van der Waals surface area contributed by atoms with Gasteiger partial charge in [0.1, 0.15) is 22.1 Å². The number of benzene rings is 4. The van der Waals surface area contributed by atoms with E-state index in [4.69, 9.17) is 9.97 Å². The van der Waals surface area contributed by atoms with Gasteiger partial charge in [-0.2, -0.15) is 0 Å². The lowest BCUT2D eigenvalue weighted by molar-refractivity contribution is -0.138. The van der Waals surface area contributed by atoms with Crippen molar-refractivity contribution in [3.05, 3.63) is 142 Å². The fourth-order valence-electron chi connectivity index (χ4n) is 8.79. The zero-order valence-electron chi connectivity index (χ0n) is 34.3. The highest BCUT2D eigenvalue weighted by molar-refractivity contribution is 7.15. The number of aromatic nitrogens is 2. The van der Waals surface area contributed by atoms with Gasteiger partial charge in [-0.1, -0.05) is 109 Å². The fraction of sp³-hybridized carbons (Fsp3) is 0.320. The Hall–Kier alpha value is -5.98. The molecule has 3 unspecified atom stereocenters. The summed E-state index contributed by atoms with van der Waals surface area (Å²) in [5, 5.41) is 10.0. The minimum atomic E-state index is -0.711. The zero-order valence-corrected chi connectivity index (χ0v) is 36.0. The second kappa shape index (κ2) is 17.4. The van der Waals surface area contributed by atoms with Crippen molar-refractivity contribution in [1.82, 2.24) is 30.4 Å². The van der Waals surface area contributed by atoms with E-state index in [1.165, 1.54) is 0 Å². The van der Waals surface area contributed by atoms with Crippen molar-refractivity contribution >= 4 is 46.3 Å². The van der Waals surface area contributed by atoms with Crippen molar-refractivity contribution in [2.24, 2.45) is 11.8 Å². The van der Waals surface area contributed by atoms with Gasteiger partial charge in [0.05, 0.1) is 22.7 Å². The topological polar surface area (TPSA) is 125 Å². The van der Waals surface area contributed by atoms with Gasteiger partial charge in [-0.15, -0.1) is 22.7 Å². The predicted molar refractivity (Wildman–Crippen MR) is 242 cm³/mol. The van der Waals surface area contributed by atoms with Crippen LogP contribution in [0.25, 0.3) is 32.8 Å². The molecule has 2 aromatic heterocycles. The highest BCUT2D eigenvalue weighted by Crippen LogP contribution is 2.41. The Kier molecular flexibility index (Phi) is 11.3. The number of likely N-dealkylation sites (tertiary alicyclic amines) is 2. The van der Waals surface area contributed by atoms with E-state index in [9.17, 15) is 19.2 Å². The minimum Gasteiger partial charge on any atom is -0.340 e. The van der Waals surface area contributed by atoms with E-state index >= 15 is 0 Å². The van der Waals surface area contributed by atoms with Crippen molar-refractivity contribution in [2.75, 3.05) is 13.1 Å². The van der Waals surface area contributed by atoms with Gasteiger partial charge in [0.2, 0.25) is 23.6 Å². The molecule has 62 heavy (non-hydrogen) atoms. The number of carbonyl (C=O) groups is 4. The first-order valence-electron chi connectivity index (χ1n) is 21.8. The minimum absolute atomic E-state index is 0.0106. The van der Waals surface area contributed by atoms with Crippen LogP contribution < -0.4 is 10.6 Å². The molecule has 314 valence electrons. The lowest BCUT2D eigenvalue weighted by Crippen LogP contribution is -2.43. The number of thiazole rings is 2. The molecule has 2 N–H and O–H groups in total. The van der Waals surface area contributed by atoms with E-state index in [2.05, 4.69) is 64.5 Å². The highest BCUT2D eigenvalue weighted by atomic mass is 32.1. The second-order valence-electron chi connectivity index (χ2n) is 16.9. The number of nitrogens with one attached hydrogen (secondary N) is 2. The summed E-state index contributed by atoms with van der Waals surface area (Å²) in [6.07, 6.45) is 8.88. The maximum Gasteiger partial charge on any atom is 0.250 e. The molecule has 4 aromatic carbocycles. The van der Waals surface area contributed by atoms with E-state index in [-0.39, 0.29) is 47.5 Å². The molecule has 0 radical (unpaired) electrons. The Morgan fingerprint density at radius 1 is 0.565 bits per heavy atom. The second-order valence-corrected chi connectivity index (χ2v) is 18.9. The van der Waals surface area contributed by atoms with Gasteiger partial charge < -0.3 is 20.4 Å². The number of carbonyl (C=O) groups excluding carboxylic acids is 4. The molecule has 4 atom stereocenters. The molecule has 4 aliphatic rings. The highest BCUT2D eigenvalue weighted by Gasteiger charge is 2.41. The van der Waals surface area contributed by atoms with Crippen molar-refractivity contribution in [3.63, 3.8) is 0 Å². The normalized spacial score (nSPS) is 19.5. The van der Waals surface area contributed by atoms with Crippen LogP contribution in [0.15, 0.2) is 121 Å². The lowest BCUT2D eigenvalue weighted by atomic mass is 10.0. The maximum absolute atomic E-state index is 14.1. The Morgan fingerprint density at radius 2 is 1.03 bits per heavy atom. The van der Waals surface area contributed by atoms with E-state index in [1.807, 2.05) is 76.7 Å². The van der Waals surface area contributed by atoms with Crippen LogP contribution in [0.5, 0.6) is 0 Å². The molecule has 12 heteroatoms. The molecule has 2 aliphatic heterocycles. The molecule has 6 aromatic rings. The number of amides is 4. The monoisotopic (exact) mass is 860 g/mol. The van der Waals surface area contributed by atoms with Crippen LogP contribution in [0.3, 0.4) is 0 Å². The van der Waals surface area contributed by atoms with E-state index in [0.29, 0.717) is 13.1 Å². The lowest BCUT2D eigenvalue weighted by Gasteiger charge is -2.28. The molecule has 2 aliphatic carbocycles. The molecular formula is C50H48N6O4S2. The SMILES string of the molecule is O=C(NC(C(=O)N1CCCC1c1nc(-c2ccc(-c3ccc(-c4cnc(C5CCCN5C(=O)[C@H](NC(=O)C5CC5)c5ccccc5)s4)cc3)cc2)cs1)c1ccccc1)C1CC1. The first-order chi connectivity index (χ1) is 30.4.